The van der Waals surface area contributed by atoms with Crippen molar-refractivity contribution >= 4 is 11.6 Å². The molecule has 2 heterocycles. The normalized spacial score (nSPS) is 10.3. The number of nitrogens with one attached hydrogen (secondary N) is 2. The number of hydrogen-bond acceptors (Lipinski definition) is 7. The van der Waals surface area contributed by atoms with Gasteiger partial charge in [0.25, 0.3) is 11.7 Å². The van der Waals surface area contributed by atoms with Crippen LogP contribution in [0, 0.1) is 0 Å². The van der Waals surface area contributed by atoms with Gasteiger partial charge in [-0.05, 0) is 27.8 Å². The molecule has 0 saturated carbocycles. The predicted octanol–water partition coefficient (Wildman–Crippen LogP) is -0.572. The van der Waals surface area contributed by atoms with E-state index in [-0.39, 0.29) is 5.82 Å². The lowest BCUT2D eigenvalue weighted by molar-refractivity contribution is 0.101. The molecule has 0 fully saturated rings. The van der Waals surface area contributed by atoms with Crippen molar-refractivity contribution in [2.75, 3.05) is 5.32 Å². The van der Waals surface area contributed by atoms with Gasteiger partial charge in [-0.2, -0.15) is 9.90 Å². The molecule has 0 unspecified atom stereocenters. The summed E-state index contributed by atoms with van der Waals surface area (Å²) in [5.74, 6) is -0.527. The molecule has 2 aromatic heterocycles. The highest BCUT2D eigenvalue weighted by Gasteiger charge is 2.13. The van der Waals surface area contributed by atoms with Gasteiger partial charge in [-0.3, -0.25) is 4.79 Å². The molecule has 3 aromatic rings. The molecule has 0 aliphatic rings. The standard InChI is InChI=1S/C9H7N9O/c19-9(8-12-15-16-13-8)11-6-3-1-2-4-7(6)18-5-10-14-17-18/h1-5H,(H,11,19)(H,12,13,15,16). The molecule has 0 saturated heterocycles. The first-order valence-corrected chi connectivity index (χ1v) is 5.22. The Kier molecular flexibility index (Phi) is 2.65. The molecule has 3 rings (SSSR count). The number of H-pyrrole nitrogens is 1. The van der Waals surface area contributed by atoms with E-state index in [2.05, 4.69) is 41.5 Å². The van der Waals surface area contributed by atoms with E-state index < -0.39 is 5.91 Å². The fourth-order valence-corrected chi connectivity index (χ4v) is 1.49. The SMILES string of the molecule is O=C(Nc1ccccc1-n1cnnn1)c1nn[nH]n1. The zero-order valence-corrected chi connectivity index (χ0v) is 9.43. The van der Waals surface area contributed by atoms with Gasteiger partial charge in [0.2, 0.25) is 0 Å². The number of hydrogen-bond donors (Lipinski definition) is 2. The van der Waals surface area contributed by atoms with Crippen LogP contribution < -0.4 is 5.32 Å². The Morgan fingerprint density at radius 1 is 1.32 bits per heavy atom. The van der Waals surface area contributed by atoms with Crippen molar-refractivity contribution in [2.45, 2.75) is 0 Å². The van der Waals surface area contributed by atoms with Crippen LogP contribution in [0.15, 0.2) is 30.6 Å². The highest BCUT2D eigenvalue weighted by Crippen LogP contribution is 2.18. The maximum Gasteiger partial charge on any atom is 0.297 e. The number of aromatic nitrogens is 8. The second-order valence-electron chi connectivity index (χ2n) is 3.46. The fourth-order valence-electron chi connectivity index (χ4n) is 1.49. The molecule has 0 spiro atoms. The van der Waals surface area contributed by atoms with E-state index in [9.17, 15) is 4.79 Å². The number of carbonyl (C=O) groups excluding carboxylic acids is 1. The molecule has 1 aromatic carbocycles. The smallest absolute Gasteiger partial charge is 0.297 e. The molecule has 0 aliphatic carbocycles. The Labute approximate surface area is 105 Å². The highest BCUT2D eigenvalue weighted by atomic mass is 16.2. The van der Waals surface area contributed by atoms with E-state index in [1.165, 1.54) is 11.0 Å². The zero-order chi connectivity index (χ0) is 13.1. The van der Waals surface area contributed by atoms with Crippen LogP contribution in [0.3, 0.4) is 0 Å². The van der Waals surface area contributed by atoms with Crippen LogP contribution in [0.5, 0.6) is 0 Å². The first-order chi connectivity index (χ1) is 9.34. The van der Waals surface area contributed by atoms with Gasteiger partial charge in [-0.25, -0.2) is 0 Å². The molecular weight excluding hydrogens is 250 g/mol. The minimum Gasteiger partial charge on any atom is -0.317 e. The van der Waals surface area contributed by atoms with Crippen molar-refractivity contribution in [1.82, 2.24) is 40.8 Å². The number of aromatic amines is 1. The van der Waals surface area contributed by atoms with Crippen molar-refractivity contribution in [3.05, 3.63) is 36.4 Å². The highest BCUT2D eigenvalue weighted by molar-refractivity contribution is 6.02. The molecule has 19 heavy (non-hydrogen) atoms. The first-order valence-electron chi connectivity index (χ1n) is 5.22. The van der Waals surface area contributed by atoms with Crippen LogP contribution >= 0.6 is 0 Å². The van der Waals surface area contributed by atoms with Gasteiger partial charge in [0.1, 0.15) is 6.33 Å². The van der Waals surface area contributed by atoms with Gasteiger partial charge in [-0.15, -0.1) is 15.3 Å². The average molecular weight is 257 g/mol. The summed E-state index contributed by atoms with van der Waals surface area (Å²) in [5, 5.41) is 26.3. The van der Waals surface area contributed by atoms with Crippen molar-refractivity contribution in [3.8, 4) is 5.69 Å². The van der Waals surface area contributed by atoms with Gasteiger partial charge in [0.05, 0.1) is 11.4 Å². The number of rotatable bonds is 3. The molecule has 10 nitrogen and oxygen atoms in total. The minimum atomic E-state index is -0.478. The third kappa shape index (κ3) is 2.13. The Bertz CT molecular complexity index is 676. The van der Waals surface area contributed by atoms with E-state index >= 15 is 0 Å². The predicted molar refractivity (Wildman–Crippen MR) is 61.3 cm³/mol. The molecule has 94 valence electrons. The quantitative estimate of drug-likeness (QED) is 0.642. The van der Waals surface area contributed by atoms with Crippen LogP contribution in [0.4, 0.5) is 5.69 Å². The zero-order valence-electron chi connectivity index (χ0n) is 9.43. The third-order valence-electron chi connectivity index (χ3n) is 2.30. The number of nitrogens with zero attached hydrogens (tertiary/aromatic N) is 7. The number of carbonyl (C=O) groups is 1. The molecule has 2 N–H and O–H groups in total. The summed E-state index contributed by atoms with van der Waals surface area (Å²) in [5.41, 5.74) is 1.16. The van der Waals surface area contributed by atoms with Crippen molar-refractivity contribution in [3.63, 3.8) is 0 Å². The van der Waals surface area contributed by atoms with E-state index in [1.807, 2.05) is 0 Å². The average Bonchev–Trinajstić information content (AvgIpc) is 3.13. The van der Waals surface area contributed by atoms with Gasteiger partial charge < -0.3 is 5.32 Å². The Hall–Kier alpha value is -3.17. The van der Waals surface area contributed by atoms with E-state index in [0.29, 0.717) is 11.4 Å². The summed E-state index contributed by atoms with van der Waals surface area (Å²) in [4.78, 5) is 11.8. The van der Waals surface area contributed by atoms with Crippen molar-refractivity contribution in [2.24, 2.45) is 0 Å². The summed E-state index contributed by atoms with van der Waals surface area (Å²) >= 11 is 0. The number of anilines is 1. The van der Waals surface area contributed by atoms with Crippen LogP contribution in [-0.4, -0.2) is 46.7 Å². The Morgan fingerprint density at radius 3 is 2.95 bits per heavy atom. The third-order valence-corrected chi connectivity index (χ3v) is 2.30. The summed E-state index contributed by atoms with van der Waals surface area (Å²) in [7, 11) is 0. The maximum absolute atomic E-state index is 11.8. The number of tetrazole rings is 2. The maximum atomic E-state index is 11.8. The second kappa shape index (κ2) is 4.60. The van der Waals surface area contributed by atoms with Gasteiger partial charge >= 0.3 is 0 Å². The number of para-hydroxylation sites is 2. The molecule has 0 atom stereocenters. The summed E-state index contributed by atoms with van der Waals surface area (Å²) in [6, 6.07) is 7.07. The van der Waals surface area contributed by atoms with E-state index in [0.717, 1.165) is 0 Å². The van der Waals surface area contributed by atoms with Gasteiger partial charge in [-0.1, -0.05) is 12.1 Å². The summed E-state index contributed by atoms with van der Waals surface area (Å²) in [6.45, 7) is 0. The Morgan fingerprint density at radius 2 is 2.21 bits per heavy atom. The lowest BCUT2D eigenvalue weighted by atomic mass is 10.2. The molecular formula is C9H7N9O. The fraction of sp³-hybridized carbons (Fsp3) is 0. The van der Waals surface area contributed by atoms with Crippen molar-refractivity contribution < 1.29 is 4.79 Å². The van der Waals surface area contributed by atoms with Crippen LogP contribution in [0.1, 0.15) is 10.6 Å². The number of amides is 1. The van der Waals surface area contributed by atoms with Crippen molar-refractivity contribution in [1.29, 1.82) is 0 Å². The van der Waals surface area contributed by atoms with E-state index in [1.54, 1.807) is 24.3 Å². The van der Waals surface area contributed by atoms with E-state index in [4.69, 9.17) is 0 Å². The van der Waals surface area contributed by atoms with Gasteiger partial charge in [0.15, 0.2) is 0 Å². The topological polar surface area (TPSA) is 127 Å². The summed E-state index contributed by atoms with van der Waals surface area (Å²) < 4.78 is 1.44. The monoisotopic (exact) mass is 257 g/mol. The van der Waals surface area contributed by atoms with Crippen LogP contribution in [-0.2, 0) is 0 Å². The molecule has 10 heteroatoms. The largest absolute Gasteiger partial charge is 0.317 e. The summed E-state index contributed by atoms with van der Waals surface area (Å²) in [6.07, 6.45) is 1.43. The second-order valence-corrected chi connectivity index (χ2v) is 3.46. The van der Waals surface area contributed by atoms with Gasteiger partial charge in [0, 0.05) is 0 Å². The lowest BCUT2D eigenvalue weighted by Crippen LogP contribution is -2.15. The number of benzene rings is 1. The first kappa shape index (κ1) is 11.0. The Balaban J connectivity index is 1.92. The minimum absolute atomic E-state index is 0.0495. The molecule has 0 radical (unpaired) electrons. The lowest BCUT2D eigenvalue weighted by Gasteiger charge is -2.08. The van der Waals surface area contributed by atoms with Crippen LogP contribution in [0.25, 0.3) is 5.69 Å². The van der Waals surface area contributed by atoms with Crippen LogP contribution in [0.2, 0.25) is 0 Å². The molecule has 1 amide bonds. The molecule has 0 aliphatic heterocycles. The molecule has 0 bridgehead atoms.